The molecule has 1 nitrogen and oxygen atoms in total. The Labute approximate surface area is 238 Å². The van der Waals surface area contributed by atoms with E-state index in [0.29, 0.717) is 5.31 Å². The summed E-state index contributed by atoms with van der Waals surface area (Å²) in [4.78, 5) is 0. The fraction of sp³-hybridized carbons (Fsp3) is 0.0526. The van der Waals surface area contributed by atoms with Crippen molar-refractivity contribution in [1.82, 2.24) is 0 Å². The molecular formula is C38H33OP. The van der Waals surface area contributed by atoms with E-state index in [0.717, 1.165) is 50.4 Å². The summed E-state index contributed by atoms with van der Waals surface area (Å²) in [6.07, 6.45) is 3.06. The predicted octanol–water partition coefficient (Wildman–Crippen LogP) is 9.51. The van der Waals surface area contributed by atoms with E-state index < -0.39 is 7.14 Å². The summed E-state index contributed by atoms with van der Waals surface area (Å²) in [6.45, 7) is 6.86. The summed E-state index contributed by atoms with van der Waals surface area (Å²) in [5, 5.41) is 2.16. The molecule has 0 spiro atoms. The topological polar surface area (TPSA) is 17.1 Å². The summed E-state index contributed by atoms with van der Waals surface area (Å²) in [5.74, 6) is 0. The lowest BCUT2D eigenvalue weighted by Gasteiger charge is -2.28. The highest BCUT2D eigenvalue weighted by atomic mass is 31.2. The maximum atomic E-state index is 15.7. The van der Waals surface area contributed by atoms with Gasteiger partial charge in [-0.25, -0.2) is 0 Å². The molecule has 0 aliphatic rings. The number of rotatable bonds is 9. The van der Waals surface area contributed by atoms with Crippen molar-refractivity contribution in [3.05, 3.63) is 192 Å². The predicted molar refractivity (Wildman–Crippen MR) is 173 cm³/mol. The zero-order valence-electron chi connectivity index (χ0n) is 22.8. The molecular weight excluding hydrogens is 503 g/mol. The van der Waals surface area contributed by atoms with Crippen LogP contribution in [0.5, 0.6) is 0 Å². The van der Waals surface area contributed by atoms with E-state index in [-0.39, 0.29) is 0 Å². The molecule has 0 unspecified atom stereocenters. The van der Waals surface area contributed by atoms with Gasteiger partial charge in [0.15, 0.2) is 7.14 Å². The van der Waals surface area contributed by atoms with E-state index in [9.17, 15) is 0 Å². The first-order valence-corrected chi connectivity index (χ1v) is 15.4. The van der Waals surface area contributed by atoms with E-state index in [1.807, 2.05) is 78.9 Å². The molecule has 0 heterocycles. The Morgan fingerprint density at radius 1 is 0.575 bits per heavy atom. The van der Waals surface area contributed by atoms with Crippen molar-refractivity contribution in [2.75, 3.05) is 0 Å². The molecule has 2 heteroatoms. The van der Waals surface area contributed by atoms with Gasteiger partial charge in [0.25, 0.3) is 0 Å². The van der Waals surface area contributed by atoms with Crippen LogP contribution in [-0.4, -0.2) is 0 Å². The molecule has 0 saturated heterocycles. The van der Waals surface area contributed by atoms with Crippen LogP contribution >= 0.6 is 7.14 Å². The number of hydrogen-bond acceptors (Lipinski definition) is 1. The minimum absolute atomic E-state index is 0.621. The zero-order chi connectivity index (χ0) is 27.8. The summed E-state index contributed by atoms with van der Waals surface area (Å²) in [7, 11) is -3.36. The first-order valence-electron chi connectivity index (χ1n) is 13.7. The third kappa shape index (κ3) is 5.48. The summed E-state index contributed by atoms with van der Waals surface area (Å²) >= 11 is 0. The minimum Gasteiger partial charge on any atom is -0.309 e. The van der Waals surface area contributed by atoms with Gasteiger partial charge in [-0.1, -0.05) is 171 Å². The van der Waals surface area contributed by atoms with Crippen LogP contribution in [0.25, 0.3) is 11.1 Å². The molecule has 0 aromatic heterocycles. The van der Waals surface area contributed by atoms with Crippen LogP contribution in [-0.2, 0) is 4.57 Å². The number of hydrogen-bond donors (Lipinski definition) is 0. The largest absolute Gasteiger partial charge is 0.309 e. The molecule has 196 valence electrons. The third-order valence-electron chi connectivity index (χ3n) is 7.05. The van der Waals surface area contributed by atoms with E-state index >= 15 is 4.57 Å². The Morgan fingerprint density at radius 2 is 0.925 bits per heavy atom. The lowest BCUT2D eigenvalue weighted by atomic mass is 9.86. The molecule has 0 atom stereocenters. The van der Waals surface area contributed by atoms with Crippen molar-refractivity contribution in [3.63, 3.8) is 0 Å². The highest BCUT2D eigenvalue weighted by Gasteiger charge is 2.35. The second-order valence-electron chi connectivity index (χ2n) is 9.60. The van der Waals surface area contributed by atoms with E-state index in [1.54, 1.807) is 0 Å². The van der Waals surface area contributed by atoms with E-state index in [1.165, 1.54) is 0 Å². The maximum absolute atomic E-state index is 15.7. The van der Waals surface area contributed by atoms with Crippen molar-refractivity contribution in [2.45, 2.75) is 13.3 Å². The summed E-state index contributed by atoms with van der Waals surface area (Å²) < 4.78 is 15.7. The van der Waals surface area contributed by atoms with E-state index in [4.69, 9.17) is 6.58 Å². The van der Waals surface area contributed by atoms with Gasteiger partial charge < -0.3 is 4.57 Å². The lowest BCUT2D eigenvalue weighted by Crippen LogP contribution is -2.19. The SMILES string of the molecule is C=C(C(=C(c1ccccc1)c1ccccc1)/C(=C\CC)c1ccccc1)P(=O)(c1ccccc1)c1ccccc1. The molecule has 0 radical (unpaired) electrons. The van der Waals surface area contributed by atoms with Gasteiger partial charge in [0, 0.05) is 21.5 Å². The van der Waals surface area contributed by atoms with Crippen LogP contribution in [0.4, 0.5) is 0 Å². The second kappa shape index (κ2) is 12.6. The standard InChI is InChI=1S/C38H33OP/c1-3-19-36(31-20-9-4-10-21-31)37(38(32-22-11-5-12-23-32)33-24-13-6-14-25-33)30(2)40(39,34-26-15-7-16-27-34)35-28-17-8-18-29-35/h4-29H,2-3H2,1H3/b36-19-. The average Bonchev–Trinajstić information content (AvgIpc) is 3.04. The first kappa shape index (κ1) is 27.1. The lowest BCUT2D eigenvalue weighted by molar-refractivity contribution is 0.591. The van der Waals surface area contributed by atoms with Gasteiger partial charge in [0.05, 0.1) is 0 Å². The fourth-order valence-corrected chi connectivity index (χ4v) is 7.83. The maximum Gasteiger partial charge on any atom is 0.171 e. The number of allylic oxidation sites excluding steroid dienone is 4. The van der Waals surface area contributed by atoms with Crippen LogP contribution in [0.15, 0.2) is 175 Å². The van der Waals surface area contributed by atoms with Crippen molar-refractivity contribution in [1.29, 1.82) is 0 Å². The zero-order valence-corrected chi connectivity index (χ0v) is 23.7. The van der Waals surface area contributed by atoms with Crippen LogP contribution in [0.3, 0.4) is 0 Å². The molecule has 0 aliphatic carbocycles. The van der Waals surface area contributed by atoms with Gasteiger partial charge >= 0.3 is 0 Å². The van der Waals surface area contributed by atoms with Crippen LogP contribution in [0, 0.1) is 0 Å². The average molecular weight is 537 g/mol. The second-order valence-corrected chi connectivity index (χ2v) is 12.4. The van der Waals surface area contributed by atoms with Crippen molar-refractivity contribution >= 4 is 28.9 Å². The molecule has 0 fully saturated rings. The molecule has 0 saturated carbocycles. The van der Waals surface area contributed by atoms with Crippen molar-refractivity contribution in [3.8, 4) is 0 Å². The fourth-order valence-electron chi connectivity index (χ4n) is 5.18. The Bertz CT molecular complexity index is 1580. The molecule has 0 bridgehead atoms. The Morgan fingerprint density at radius 3 is 1.30 bits per heavy atom. The molecule has 5 aromatic carbocycles. The molecule has 0 amide bonds. The first-order chi connectivity index (χ1) is 19.6. The molecule has 5 rings (SSSR count). The quantitative estimate of drug-likeness (QED) is 0.135. The normalized spacial score (nSPS) is 11.6. The highest BCUT2D eigenvalue weighted by Crippen LogP contribution is 2.58. The molecule has 40 heavy (non-hydrogen) atoms. The van der Waals surface area contributed by atoms with Crippen LogP contribution in [0.1, 0.15) is 30.0 Å². The minimum atomic E-state index is -3.36. The summed E-state index contributed by atoms with van der Waals surface area (Å²) in [6, 6.07) is 50.8. The molecule has 0 aliphatic heterocycles. The van der Waals surface area contributed by atoms with Gasteiger partial charge in [-0.3, -0.25) is 0 Å². The van der Waals surface area contributed by atoms with Crippen molar-refractivity contribution < 1.29 is 4.57 Å². The number of benzene rings is 5. The van der Waals surface area contributed by atoms with Crippen LogP contribution in [0.2, 0.25) is 0 Å². The van der Waals surface area contributed by atoms with Gasteiger partial charge in [0.1, 0.15) is 0 Å². The smallest absolute Gasteiger partial charge is 0.171 e. The van der Waals surface area contributed by atoms with Gasteiger partial charge in [-0.15, -0.1) is 0 Å². The Balaban J connectivity index is 1.93. The molecule has 0 N–H and O–H groups in total. The molecule has 5 aromatic rings. The van der Waals surface area contributed by atoms with Crippen molar-refractivity contribution in [2.24, 2.45) is 0 Å². The van der Waals surface area contributed by atoms with Gasteiger partial charge in [0.2, 0.25) is 0 Å². The highest BCUT2D eigenvalue weighted by molar-refractivity contribution is 7.82. The van der Waals surface area contributed by atoms with Gasteiger partial charge in [-0.2, -0.15) is 0 Å². The Kier molecular flexibility index (Phi) is 8.55. The van der Waals surface area contributed by atoms with Crippen LogP contribution < -0.4 is 10.6 Å². The monoisotopic (exact) mass is 536 g/mol. The Hall–Kier alpha value is -4.45. The third-order valence-corrected chi connectivity index (χ3v) is 10.1. The summed E-state index contributed by atoms with van der Waals surface area (Å²) in [5.41, 5.74) is 6.12. The van der Waals surface area contributed by atoms with Gasteiger partial charge in [-0.05, 0) is 34.3 Å². The van der Waals surface area contributed by atoms with E-state index in [2.05, 4.69) is 85.8 Å².